The highest BCUT2D eigenvalue weighted by atomic mass is 79.9. The summed E-state index contributed by atoms with van der Waals surface area (Å²) in [7, 11) is 0. The van der Waals surface area contributed by atoms with Crippen LogP contribution < -0.4 is 10.6 Å². The largest absolute Gasteiger partial charge is 0.394 e. The van der Waals surface area contributed by atoms with Crippen LogP contribution in [-0.4, -0.2) is 40.1 Å². The minimum absolute atomic E-state index is 0.0381. The molecule has 1 atom stereocenters. The van der Waals surface area contributed by atoms with Gasteiger partial charge in [-0.2, -0.15) is 27.2 Å². The van der Waals surface area contributed by atoms with Crippen LogP contribution in [0.3, 0.4) is 0 Å². The zero-order valence-corrected chi connectivity index (χ0v) is 19.0. The number of benzene rings is 1. The van der Waals surface area contributed by atoms with Gasteiger partial charge in [0.1, 0.15) is 5.82 Å². The van der Waals surface area contributed by atoms with Gasteiger partial charge in [0.25, 0.3) is 0 Å². The average Bonchev–Trinajstić information content (AvgIpc) is 2.71. The summed E-state index contributed by atoms with van der Waals surface area (Å²) in [5.41, 5.74) is 3.40. The third kappa shape index (κ3) is 10.8. The van der Waals surface area contributed by atoms with Crippen LogP contribution in [0.2, 0.25) is 0 Å². The van der Waals surface area contributed by atoms with Gasteiger partial charge in [0.05, 0.1) is 11.1 Å². The molecule has 1 aromatic heterocycles. The molecule has 0 radical (unpaired) electrons. The number of nitrogens with one attached hydrogen (secondary N) is 2. The summed E-state index contributed by atoms with van der Waals surface area (Å²) in [4.78, 5) is 24.9. The van der Waals surface area contributed by atoms with Gasteiger partial charge in [0.2, 0.25) is 5.95 Å². The molecule has 28 heavy (non-hydrogen) atoms. The van der Waals surface area contributed by atoms with E-state index in [1.807, 2.05) is 13.0 Å². The summed E-state index contributed by atoms with van der Waals surface area (Å²) in [5.74, 6) is 1.16. The predicted octanol–water partition coefficient (Wildman–Crippen LogP) is 4.16. The van der Waals surface area contributed by atoms with E-state index in [2.05, 4.69) is 88.3 Å². The van der Waals surface area contributed by atoms with Crippen LogP contribution in [0.5, 0.6) is 0 Å². The first-order valence-electron chi connectivity index (χ1n) is 8.09. The third-order valence-electron chi connectivity index (χ3n) is 3.16. The maximum Gasteiger partial charge on any atom is 0.373 e. The van der Waals surface area contributed by atoms with E-state index in [-0.39, 0.29) is 18.8 Å². The van der Waals surface area contributed by atoms with E-state index in [9.17, 15) is 0 Å². The quantitative estimate of drug-likeness (QED) is 0.384. The zero-order chi connectivity index (χ0) is 22.1. The van der Waals surface area contributed by atoms with Gasteiger partial charge in [-0.3, -0.25) is 0 Å². The lowest BCUT2D eigenvalue weighted by Gasteiger charge is -2.14. The van der Waals surface area contributed by atoms with Crippen LogP contribution in [0, 0.1) is 13.8 Å². The number of thiol groups is 1. The van der Waals surface area contributed by atoms with E-state index in [1.165, 1.54) is 11.1 Å². The van der Waals surface area contributed by atoms with E-state index in [4.69, 9.17) is 14.7 Å². The fourth-order valence-corrected chi connectivity index (χ4v) is 2.06. The molecule has 0 saturated heterocycles. The van der Waals surface area contributed by atoms with Crippen molar-refractivity contribution in [2.75, 3.05) is 23.5 Å². The Bertz CT molecular complexity index is 741. The Kier molecular flexibility index (Phi) is 17.0. The number of carbonyl (C=O) groups excluding carboxylic acids is 2. The number of halogens is 1. The van der Waals surface area contributed by atoms with Crippen molar-refractivity contribution in [3.8, 4) is 0 Å². The smallest absolute Gasteiger partial charge is 0.373 e. The number of nitrogens with zero attached hydrogens (tertiary/aromatic N) is 2. The van der Waals surface area contributed by atoms with Gasteiger partial charge >= 0.3 is 6.15 Å². The molecule has 0 saturated carbocycles. The standard InChI is InChI=1S/C15H19BrN4O.C2H4.CO2.CH4S/c1-9-4-5-12(6-10(9)2)19-15-17-7-13(16)14(20-15)18-11(3)8-21;1-2;2-1-3;1-2/h4-7,11,21H,8H2,1-3H3,(H2,17,18,19,20);1-2H2;;2H,1H3. The number of aromatic nitrogens is 2. The Morgan fingerprint density at radius 2 is 1.82 bits per heavy atom. The summed E-state index contributed by atoms with van der Waals surface area (Å²) in [6.07, 6.45) is 3.63. The van der Waals surface area contributed by atoms with Crippen LogP contribution in [-0.2, 0) is 9.59 Å². The van der Waals surface area contributed by atoms with Crippen molar-refractivity contribution in [2.45, 2.75) is 26.8 Å². The van der Waals surface area contributed by atoms with Crippen molar-refractivity contribution in [3.05, 3.63) is 53.2 Å². The molecule has 0 amide bonds. The fraction of sp³-hybridized carbons (Fsp3) is 0.316. The van der Waals surface area contributed by atoms with Crippen molar-refractivity contribution in [1.29, 1.82) is 0 Å². The SMILES string of the molecule is C=C.CS.Cc1ccc(Nc2ncc(Br)c(NC(C)CO)n2)cc1C.O=C=O. The Balaban J connectivity index is 0. The normalized spacial score (nSPS) is 9.68. The number of rotatable bonds is 5. The summed E-state index contributed by atoms with van der Waals surface area (Å²) in [6, 6.07) is 6.04. The van der Waals surface area contributed by atoms with Crippen LogP contribution in [0.25, 0.3) is 0 Å². The molecule has 154 valence electrons. The van der Waals surface area contributed by atoms with E-state index in [0.717, 1.165) is 10.2 Å². The molecule has 0 bridgehead atoms. The molecule has 9 heteroatoms. The van der Waals surface area contributed by atoms with Crippen molar-refractivity contribution < 1.29 is 14.7 Å². The van der Waals surface area contributed by atoms with E-state index >= 15 is 0 Å². The summed E-state index contributed by atoms with van der Waals surface area (Å²) < 4.78 is 0.758. The van der Waals surface area contributed by atoms with Gasteiger partial charge in [-0.15, -0.1) is 13.2 Å². The Hall–Kier alpha value is -2.19. The van der Waals surface area contributed by atoms with E-state index in [0.29, 0.717) is 11.8 Å². The first kappa shape index (κ1) is 28.0. The van der Waals surface area contributed by atoms with Gasteiger partial charge in [-0.25, -0.2) is 4.98 Å². The number of aliphatic hydroxyl groups is 1. The van der Waals surface area contributed by atoms with Crippen molar-refractivity contribution in [2.24, 2.45) is 0 Å². The summed E-state index contributed by atoms with van der Waals surface area (Å²) >= 11 is 6.93. The van der Waals surface area contributed by atoms with Crippen molar-refractivity contribution in [1.82, 2.24) is 9.97 Å². The zero-order valence-electron chi connectivity index (χ0n) is 16.5. The highest BCUT2D eigenvalue weighted by Gasteiger charge is 2.08. The highest BCUT2D eigenvalue weighted by Crippen LogP contribution is 2.23. The second kappa shape index (κ2) is 16.9. The third-order valence-corrected chi connectivity index (χ3v) is 3.74. The second-order valence-electron chi connectivity index (χ2n) is 5.13. The molecule has 7 nitrogen and oxygen atoms in total. The molecule has 2 rings (SSSR count). The molecule has 2 aromatic rings. The van der Waals surface area contributed by atoms with E-state index < -0.39 is 0 Å². The monoisotopic (exact) mass is 470 g/mol. The van der Waals surface area contributed by atoms with Crippen LogP contribution in [0.4, 0.5) is 17.5 Å². The van der Waals surface area contributed by atoms with Gasteiger partial charge < -0.3 is 15.7 Å². The molecular weight excluding hydrogens is 444 g/mol. The van der Waals surface area contributed by atoms with E-state index in [1.54, 1.807) is 12.5 Å². The molecule has 0 aliphatic rings. The maximum absolute atomic E-state index is 9.11. The molecular formula is C19H27BrN4O3S. The van der Waals surface area contributed by atoms with Crippen LogP contribution >= 0.6 is 28.6 Å². The molecule has 1 aromatic carbocycles. The molecule has 0 spiro atoms. The average molecular weight is 471 g/mol. The number of anilines is 3. The Morgan fingerprint density at radius 1 is 1.25 bits per heavy atom. The lowest BCUT2D eigenvalue weighted by molar-refractivity contribution is -0.191. The van der Waals surface area contributed by atoms with Crippen molar-refractivity contribution in [3.63, 3.8) is 0 Å². The molecule has 1 unspecified atom stereocenters. The highest BCUT2D eigenvalue weighted by molar-refractivity contribution is 9.10. The lowest BCUT2D eigenvalue weighted by Crippen LogP contribution is -2.20. The summed E-state index contributed by atoms with van der Waals surface area (Å²) in [6.45, 7) is 12.1. The van der Waals surface area contributed by atoms with Crippen LogP contribution in [0.1, 0.15) is 18.1 Å². The minimum atomic E-state index is -0.0781. The molecule has 0 aliphatic carbocycles. The van der Waals surface area contributed by atoms with Gasteiger partial charge in [-0.1, -0.05) is 6.07 Å². The number of aliphatic hydroxyl groups excluding tert-OH is 1. The minimum Gasteiger partial charge on any atom is -0.394 e. The second-order valence-corrected chi connectivity index (χ2v) is 5.98. The molecule has 0 fully saturated rings. The topological polar surface area (TPSA) is 104 Å². The van der Waals surface area contributed by atoms with Crippen LogP contribution in [0.15, 0.2) is 42.0 Å². The van der Waals surface area contributed by atoms with Gasteiger partial charge in [0.15, 0.2) is 0 Å². The summed E-state index contributed by atoms with van der Waals surface area (Å²) in [5, 5.41) is 15.4. The first-order chi connectivity index (χ1) is 13.4. The maximum atomic E-state index is 9.11. The molecule has 3 N–H and O–H groups in total. The van der Waals surface area contributed by atoms with Gasteiger partial charge in [-0.05, 0) is 66.2 Å². The number of hydrogen-bond donors (Lipinski definition) is 4. The number of aryl methyl sites for hydroxylation is 2. The van der Waals surface area contributed by atoms with Gasteiger partial charge in [0, 0.05) is 17.9 Å². The lowest BCUT2D eigenvalue weighted by atomic mass is 10.1. The molecule has 1 heterocycles. The fourth-order valence-electron chi connectivity index (χ4n) is 1.76. The van der Waals surface area contributed by atoms with Crippen molar-refractivity contribution >= 4 is 52.2 Å². The first-order valence-corrected chi connectivity index (χ1v) is 9.78. The Morgan fingerprint density at radius 3 is 2.32 bits per heavy atom. The molecule has 0 aliphatic heterocycles. The number of hydrogen-bond acceptors (Lipinski definition) is 8. The Labute approximate surface area is 180 Å². The predicted molar refractivity (Wildman–Crippen MR) is 120 cm³/mol.